The third-order valence-corrected chi connectivity index (χ3v) is 6.61. The third kappa shape index (κ3) is 6.08. The summed E-state index contributed by atoms with van der Waals surface area (Å²) in [5.74, 6) is -1.28. The Kier molecular flexibility index (Phi) is 7.53. The van der Waals surface area contributed by atoms with E-state index in [4.69, 9.17) is 9.57 Å². The molecule has 0 spiro atoms. The van der Waals surface area contributed by atoms with Gasteiger partial charge in [-0.25, -0.2) is 18.4 Å². The minimum Gasteiger partial charge on any atom is -0.444 e. The number of hydrogen-bond donors (Lipinski definition) is 1. The van der Waals surface area contributed by atoms with Crippen molar-refractivity contribution in [2.45, 2.75) is 45.4 Å². The molecule has 41 heavy (non-hydrogen) atoms. The van der Waals surface area contributed by atoms with Gasteiger partial charge in [-0.05, 0) is 63.1 Å². The number of ether oxygens (including phenoxy) is 1. The highest BCUT2D eigenvalue weighted by Crippen LogP contribution is 2.28. The summed E-state index contributed by atoms with van der Waals surface area (Å²) in [4.78, 5) is 46.6. The van der Waals surface area contributed by atoms with Crippen LogP contribution >= 0.6 is 0 Å². The van der Waals surface area contributed by atoms with Crippen molar-refractivity contribution in [3.05, 3.63) is 105 Å². The molecule has 0 aliphatic carbocycles. The molecular formula is C30H30F2N4O5. The zero-order valence-electron chi connectivity index (χ0n) is 22.9. The monoisotopic (exact) mass is 564 g/mol. The standard InChI is InChI=1S/C30H30F2N4O5/c1-30(2,3)41-28(38)33-21-12-13-34(17-21)26-16-25-23(15-24(26)32)27(37)36(40-18-19-8-5-4-6-9-19)29(39)35(25)22-11-7-10-20(31)14-22/h4-11,14-16,21H,12-13,17-18H2,1-3H3,(H,33,38). The number of nitrogens with zero attached hydrogens (tertiary/aromatic N) is 3. The summed E-state index contributed by atoms with van der Waals surface area (Å²) in [7, 11) is 0. The van der Waals surface area contributed by atoms with Gasteiger partial charge >= 0.3 is 11.8 Å². The topological polar surface area (TPSA) is 94.8 Å². The van der Waals surface area contributed by atoms with E-state index in [1.807, 2.05) is 6.07 Å². The molecule has 4 aromatic rings. The molecule has 3 aromatic carbocycles. The smallest absolute Gasteiger partial charge is 0.407 e. The summed E-state index contributed by atoms with van der Waals surface area (Å²) in [5.41, 5.74) is -1.30. The molecule has 1 aliphatic heterocycles. The van der Waals surface area contributed by atoms with Crippen molar-refractivity contribution in [2.75, 3.05) is 18.0 Å². The molecule has 1 N–H and O–H groups in total. The molecule has 1 amide bonds. The minimum absolute atomic E-state index is 0.0881. The van der Waals surface area contributed by atoms with Crippen molar-refractivity contribution in [1.82, 2.24) is 14.6 Å². The van der Waals surface area contributed by atoms with E-state index in [0.717, 1.165) is 16.7 Å². The highest BCUT2D eigenvalue weighted by Gasteiger charge is 2.29. The number of anilines is 1. The number of hydrogen-bond acceptors (Lipinski definition) is 6. The molecule has 1 aromatic heterocycles. The van der Waals surface area contributed by atoms with Crippen molar-refractivity contribution >= 4 is 22.7 Å². The number of alkyl carbamates (subject to hydrolysis) is 1. The minimum atomic E-state index is -0.868. The van der Waals surface area contributed by atoms with Crippen LogP contribution in [0.4, 0.5) is 19.3 Å². The van der Waals surface area contributed by atoms with Crippen LogP contribution in [0.15, 0.2) is 76.3 Å². The van der Waals surface area contributed by atoms with Gasteiger partial charge in [-0.15, -0.1) is 0 Å². The van der Waals surface area contributed by atoms with E-state index in [2.05, 4.69) is 5.32 Å². The number of benzene rings is 3. The van der Waals surface area contributed by atoms with Crippen LogP contribution in [0.25, 0.3) is 16.6 Å². The van der Waals surface area contributed by atoms with Crippen molar-refractivity contribution in [1.29, 1.82) is 0 Å². The second kappa shape index (κ2) is 11.1. The summed E-state index contributed by atoms with van der Waals surface area (Å²) in [6.07, 6.45) is -0.0400. The average molecular weight is 565 g/mol. The second-order valence-corrected chi connectivity index (χ2v) is 10.9. The number of aromatic nitrogens is 2. The maximum Gasteiger partial charge on any atom is 0.407 e. The molecule has 11 heteroatoms. The predicted octanol–water partition coefficient (Wildman–Crippen LogP) is 4.16. The maximum absolute atomic E-state index is 15.6. The largest absolute Gasteiger partial charge is 0.444 e. The summed E-state index contributed by atoms with van der Waals surface area (Å²) in [6.45, 7) is 5.88. The molecule has 1 aliphatic rings. The van der Waals surface area contributed by atoms with E-state index in [0.29, 0.717) is 23.3 Å². The van der Waals surface area contributed by atoms with Gasteiger partial charge in [-0.2, -0.15) is 0 Å². The van der Waals surface area contributed by atoms with Crippen molar-refractivity contribution in [3.8, 4) is 5.69 Å². The lowest BCUT2D eigenvalue weighted by atomic mass is 10.1. The molecule has 1 saturated heterocycles. The third-order valence-electron chi connectivity index (χ3n) is 6.61. The summed E-state index contributed by atoms with van der Waals surface area (Å²) < 4.78 is 36.8. The van der Waals surface area contributed by atoms with E-state index in [-0.39, 0.29) is 41.5 Å². The summed E-state index contributed by atoms with van der Waals surface area (Å²) >= 11 is 0. The Labute approximate surface area is 234 Å². The van der Waals surface area contributed by atoms with Crippen LogP contribution in [0.2, 0.25) is 0 Å². The fourth-order valence-corrected chi connectivity index (χ4v) is 4.80. The summed E-state index contributed by atoms with van der Waals surface area (Å²) in [5, 5.41) is 2.68. The highest BCUT2D eigenvalue weighted by molar-refractivity contribution is 5.84. The van der Waals surface area contributed by atoms with Gasteiger partial charge in [-0.3, -0.25) is 9.36 Å². The molecule has 9 nitrogen and oxygen atoms in total. The molecular weight excluding hydrogens is 534 g/mol. The Balaban J connectivity index is 1.55. The molecule has 214 valence electrons. The van der Waals surface area contributed by atoms with Crippen LogP contribution < -0.4 is 26.3 Å². The SMILES string of the molecule is CC(C)(C)OC(=O)NC1CCN(c2cc3c(cc2F)c(=O)n(OCc2ccccc2)c(=O)n3-c2cccc(F)c2)C1. The van der Waals surface area contributed by atoms with Crippen LogP contribution in [0.5, 0.6) is 0 Å². The lowest BCUT2D eigenvalue weighted by Gasteiger charge is -2.23. The molecule has 0 radical (unpaired) electrons. The Morgan fingerprint density at radius 1 is 1.02 bits per heavy atom. The van der Waals surface area contributed by atoms with Gasteiger partial charge in [0.2, 0.25) is 0 Å². The molecule has 2 heterocycles. The van der Waals surface area contributed by atoms with Crippen molar-refractivity contribution in [2.24, 2.45) is 0 Å². The average Bonchev–Trinajstić information content (AvgIpc) is 3.36. The Hall–Kier alpha value is -4.67. The first-order chi connectivity index (χ1) is 19.5. The fourth-order valence-electron chi connectivity index (χ4n) is 4.80. The lowest BCUT2D eigenvalue weighted by molar-refractivity contribution is 0.0509. The van der Waals surface area contributed by atoms with E-state index >= 15 is 4.39 Å². The maximum atomic E-state index is 15.6. The van der Waals surface area contributed by atoms with E-state index in [1.54, 1.807) is 49.9 Å². The summed E-state index contributed by atoms with van der Waals surface area (Å²) in [6, 6.07) is 16.4. The lowest BCUT2D eigenvalue weighted by Crippen LogP contribution is -2.43. The normalized spacial score (nSPS) is 15.2. The Morgan fingerprint density at radius 3 is 2.49 bits per heavy atom. The van der Waals surface area contributed by atoms with E-state index < -0.39 is 34.6 Å². The molecule has 1 fully saturated rings. The predicted molar refractivity (Wildman–Crippen MR) is 150 cm³/mol. The van der Waals surface area contributed by atoms with Gasteiger partial charge in [0.15, 0.2) is 0 Å². The first-order valence-corrected chi connectivity index (χ1v) is 13.2. The first-order valence-electron chi connectivity index (χ1n) is 13.2. The zero-order valence-corrected chi connectivity index (χ0v) is 22.9. The first kappa shape index (κ1) is 27.9. The Bertz CT molecular complexity index is 1710. The van der Waals surface area contributed by atoms with E-state index in [9.17, 15) is 18.8 Å². The van der Waals surface area contributed by atoms with Crippen molar-refractivity contribution < 1.29 is 23.1 Å². The van der Waals surface area contributed by atoms with Gasteiger partial charge in [0.25, 0.3) is 5.56 Å². The van der Waals surface area contributed by atoms with Crippen LogP contribution in [0.1, 0.15) is 32.8 Å². The number of amides is 1. The number of rotatable bonds is 6. The van der Waals surface area contributed by atoms with Crippen LogP contribution in [-0.2, 0) is 11.3 Å². The Morgan fingerprint density at radius 2 is 1.78 bits per heavy atom. The molecule has 1 unspecified atom stereocenters. The van der Waals surface area contributed by atoms with Gasteiger partial charge in [0.1, 0.15) is 23.8 Å². The van der Waals surface area contributed by atoms with Crippen LogP contribution in [-0.4, -0.2) is 40.1 Å². The zero-order chi connectivity index (χ0) is 29.3. The van der Waals surface area contributed by atoms with Gasteiger partial charge in [0.05, 0.1) is 28.3 Å². The molecule has 0 bridgehead atoms. The van der Waals surface area contributed by atoms with E-state index in [1.165, 1.54) is 24.3 Å². The second-order valence-electron chi connectivity index (χ2n) is 10.9. The fraction of sp³-hybridized carbons (Fsp3) is 0.300. The number of carbonyl (C=O) groups is 1. The number of halogens is 2. The van der Waals surface area contributed by atoms with Crippen LogP contribution in [0.3, 0.4) is 0 Å². The number of nitrogens with one attached hydrogen (secondary N) is 1. The van der Waals surface area contributed by atoms with Crippen molar-refractivity contribution in [3.63, 3.8) is 0 Å². The van der Waals surface area contributed by atoms with Gasteiger partial charge in [-0.1, -0.05) is 41.1 Å². The molecule has 1 atom stereocenters. The number of carbonyl (C=O) groups excluding carboxylic acids is 1. The molecule has 5 rings (SSSR count). The molecule has 0 saturated carbocycles. The van der Waals surface area contributed by atoms with Crippen LogP contribution in [0, 0.1) is 11.6 Å². The van der Waals surface area contributed by atoms with Gasteiger partial charge < -0.3 is 19.8 Å². The van der Waals surface area contributed by atoms with Gasteiger partial charge in [0, 0.05) is 13.1 Å². The number of fused-ring (bicyclic) bond motifs is 1. The highest BCUT2D eigenvalue weighted by atomic mass is 19.1. The quantitative estimate of drug-likeness (QED) is 0.378.